The van der Waals surface area contributed by atoms with Gasteiger partial charge in [0, 0.05) is 17.4 Å². The Kier molecular flexibility index (Phi) is 4.53. The molecule has 0 amide bonds. The van der Waals surface area contributed by atoms with E-state index in [1.165, 1.54) is 5.57 Å². The van der Waals surface area contributed by atoms with Crippen LogP contribution in [0.1, 0.15) is 78.2 Å². The number of hydrogen-bond acceptors (Lipinski definition) is 4. The van der Waals surface area contributed by atoms with E-state index in [0.717, 1.165) is 44.1 Å². The quantitative estimate of drug-likeness (QED) is 0.579. The van der Waals surface area contributed by atoms with Crippen molar-refractivity contribution in [3.63, 3.8) is 0 Å². The van der Waals surface area contributed by atoms with Gasteiger partial charge in [-0.05, 0) is 81.6 Å². The van der Waals surface area contributed by atoms with Crippen LogP contribution >= 0.6 is 0 Å². The minimum absolute atomic E-state index is 0.112. The maximum atomic E-state index is 13.5. The number of ketones is 2. The Balaban J connectivity index is 1.38. The largest absolute Gasteiger partial charge is 0.339 e. The Morgan fingerprint density at radius 1 is 1.00 bits per heavy atom. The Labute approximate surface area is 197 Å². The summed E-state index contributed by atoms with van der Waals surface area (Å²) in [5.74, 6) is 1.04. The lowest BCUT2D eigenvalue weighted by Crippen LogP contribution is -2.59. The van der Waals surface area contributed by atoms with E-state index in [1.54, 1.807) is 6.92 Å². The van der Waals surface area contributed by atoms with Gasteiger partial charge in [0.2, 0.25) is 0 Å². The van der Waals surface area contributed by atoms with Crippen molar-refractivity contribution in [3.8, 4) is 0 Å². The zero-order valence-electron chi connectivity index (χ0n) is 20.4. The average Bonchev–Trinajstić information content (AvgIpc) is 3.23. The number of Topliss-reactive ketones (excluding diaryl/α,β-unsaturated/α-hetero) is 1. The highest BCUT2D eigenvalue weighted by atomic mass is 16.8. The molecule has 1 heterocycles. The molecule has 1 aromatic carbocycles. The first-order valence-electron chi connectivity index (χ1n) is 12.8. The van der Waals surface area contributed by atoms with Crippen LogP contribution in [0.4, 0.5) is 0 Å². The summed E-state index contributed by atoms with van der Waals surface area (Å²) in [4.78, 5) is 25.6. The zero-order valence-corrected chi connectivity index (χ0v) is 20.4. The SMILES string of the molecule is CC(=O)[C@@]12O[C@@](C)(c3ccccc3)O[C@@H]1C[C@H]1[C@@H]3CCC4=CC(=O)CC[C@]4(C)[C@H]3CC[C@@]12C. The molecular weight excluding hydrogens is 412 g/mol. The minimum Gasteiger partial charge on any atom is -0.339 e. The zero-order chi connectivity index (χ0) is 23.2. The van der Waals surface area contributed by atoms with Crippen molar-refractivity contribution >= 4 is 11.6 Å². The fourth-order valence-electron chi connectivity index (χ4n) is 9.02. The molecule has 4 heteroatoms. The van der Waals surface area contributed by atoms with Gasteiger partial charge in [0.15, 0.2) is 23.0 Å². The van der Waals surface area contributed by atoms with Crippen molar-refractivity contribution in [3.05, 3.63) is 47.5 Å². The van der Waals surface area contributed by atoms with E-state index in [2.05, 4.69) is 13.8 Å². The average molecular weight is 449 g/mol. The monoisotopic (exact) mass is 448 g/mol. The van der Waals surface area contributed by atoms with Crippen molar-refractivity contribution in [2.45, 2.75) is 90.1 Å². The Morgan fingerprint density at radius 2 is 1.76 bits per heavy atom. The summed E-state index contributed by atoms with van der Waals surface area (Å²) in [5, 5.41) is 0. The normalized spacial score (nSPS) is 48.4. The minimum atomic E-state index is -0.902. The van der Waals surface area contributed by atoms with Crippen LogP contribution in [0.5, 0.6) is 0 Å². The molecule has 8 atom stereocenters. The highest BCUT2D eigenvalue weighted by molar-refractivity contribution is 5.91. The summed E-state index contributed by atoms with van der Waals surface area (Å²) in [6.45, 7) is 8.41. The Hall–Kier alpha value is -1.78. The fourth-order valence-corrected chi connectivity index (χ4v) is 9.02. The fraction of sp³-hybridized carbons (Fsp3) is 0.655. The molecule has 3 saturated carbocycles. The number of allylic oxidation sites excluding steroid dienone is 1. The van der Waals surface area contributed by atoms with E-state index in [9.17, 15) is 9.59 Å². The van der Waals surface area contributed by atoms with Gasteiger partial charge in [-0.1, -0.05) is 49.8 Å². The standard InChI is InChI=1S/C29H36O4/c1-18(30)29-25(32-28(4,33-29)19-8-6-5-7-9-19)17-24-22-11-10-20-16-21(31)12-14-26(20,2)23(22)13-15-27(24,29)3/h5-9,16,22-25H,10-15,17H2,1-4H3/t22-,23+,24+,25-,26+,27+,28+,29-/m1/s1. The van der Waals surface area contributed by atoms with Crippen LogP contribution < -0.4 is 0 Å². The van der Waals surface area contributed by atoms with Crippen molar-refractivity contribution in [1.82, 2.24) is 0 Å². The maximum Gasteiger partial charge on any atom is 0.193 e. The van der Waals surface area contributed by atoms with E-state index < -0.39 is 11.4 Å². The summed E-state index contributed by atoms with van der Waals surface area (Å²) in [7, 11) is 0. The predicted molar refractivity (Wildman–Crippen MR) is 125 cm³/mol. The number of fused-ring (bicyclic) bond motifs is 7. The highest BCUT2D eigenvalue weighted by Gasteiger charge is 2.75. The van der Waals surface area contributed by atoms with Gasteiger partial charge in [-0.15, -0.1) is 0 Å². The van der Waals surface area contributed by atoms with Crippen LogP contribution in [0.25, 0.3) is 0 Å². The lowest BCUT2D eigenvalue weighted by molar-refractivity contribution is -0.227. The van der Waals surface area contributed by atoms with E-state index in [1.807, 2.05) is 43.3 Å². The third-order valence-electron chi connectivity index (χ3n) is 10.7. The topological polar surface area (TPSA) is 52.6 Å². The van der Waals surface area contributed by atoms with Crippen LogP contribution in [0.3, 0.4) is 0 Å². The molecule has 1 aliphatic heterocycles. The molecule has 33 heavy (non-hydrogen) atoms. The van der Waals surface area contributed by atoms with Crippen LogP contribution in [0, 0.1) is 28.6 Å². The molecule has 0 unspecified atom stereocenters. The molecule has 0 radical (unpaired) electrons. The summed E-state index contributed by atoms with van der Waals surface area (Å²) in [6.07, 6.45) is 8.46. The van der Waals surface area contributed by atoms with E-state index in [0.29, 0.717) is 30.0 Å². The number of carbonyl (C=O) groups excluding carboxylic acids is 2. The third-order valence-corrected chi connectivity index (χ3v) is 10.7. The summed E-state index contributed by atoms with van der Waals surface area (Å²) >= 11 is 0. The van der Waals surface area contributed by atoms with Gasteiger partial charge in [-0.2, -0.15) is 0 Å². The number of carbonyl (C=O) groups is 2. The molecule has 1 aromatic rings. The number of ether oxygens (including phenoxy) is 2. The Morgan fingerprint density at radius 3 is 2.48 bits per heavy atom. The molecular formula is C29H36O4. The van der Waals surface area contributed by atoms with Crippen LogP contribution in [0.2, 0.25) is 0 Å². The molecule has 0 aromatic heterocycles. The van der Waals surface area contributed by atoms with Gasteiger partial charge in [0.25, 0.3) is 0 Å². The van der Waals surface area contributed by atoms with Crippen molar-refractivity contribution in [2.75, 3.05) is 0 Å². The van der Waals surface area contributed by atoms with E-state index >= 15 is 0 Å². The molecule has 0 spiro atoms. The molecule has 4 nitrogen and oxygen atoms in total. The first kappa shape index (κ1) is 21.7. The number of benzene rings is 1. The summed E-state index contributed by atoms with van der Waals surface area (Å²) in [5.41, 5.74) is 1.35. The van der Waals surface area contributed by atoms with E-state index in [-0.39, 0.29) is 22.7 Å². The molecule has 0 N–H and O–H groups in total. The van der Waals surface area contributed by atoms with Crippen molar-refractivity contribution < 1.29 is 19.1 Å². The molecule has 5 aliphatic rings. The lowest BCUT2D eigenvalue weighted by Gasteiger charge is -2.59. The van der Waals surface area contributed by atoms with Gasteiger partial charge >= 0.3 is 0 Å². The third kappa shape index (κ3) is 2.65. The summed E-state index contributed by atoms with van der Waals surface area (Å²) in [6, 6.07) is 10.1. The second-order valence-electron chi connectivity index (χ2n) is 12.0. The maximum absolute atomic E-state index is 13.5. The van der Waals surface area contributed by atoms with Gasteiger partial charge < -0.3 is 9.47 Å². The van der Waals surface area contributed by atoms with Gasteiger partial charge in [0.05, 0.1) is 6.10 Å². The highest BCUT2D eigenvalue weighted by Crippen LogP contribution is 2.71. The molecule has 0 bridgehead atoms. The molecule has 6 rings (SSSR count). The van der Waals surface area contributed by atoms with Gasteiger partial charge in [-0.3, -0.25) is 9.59 Å². The molecule has 4 aliphatic carbocycles. The van der Waals surface area contributed by atoms with Crippen molar-refractivity contribution in [2.24, 2.45) is 28.6 Å². The molecule has 176 valence electrons. The lowest BCUT2D eigenvalue weighted by atomic mass is 9.46. The molecule has 4 fully saturated rings. The Bertz CT molecular complexity index is 1040. The summed E-state index contributed by atoms with van der Waals surface area (Å²) < 4.78 is 13.6. The predicted octanol–water partition coefficient (Wildman–Crippen LogP) is 5.74. The first-order chi connectivity index (χ1) is 15.6. The van der Waals surface area contributed by atoms with Gasteiger partial charge in [-0.25, -0.2) is 0 Å². The smallest absolute Gasteiger partial charge is 0.193 e. The van der Waals surface area contributed by atoms with Crippen LogP contribution in [0.15, 0.2) is 42.0 Å². The van der Waals surface area contributed by atoms with E-state index in [4.69, 9.17) is 9.47 Å². The number of hydrogen-bond donors (Lipinski definition) is 0. The first-order valence-corrected chi connectivity index (χ1v) is 12.8. The second-order valence-corrected chi connectivity index (χ2v) is 12.0. The van der Waals surface area contributed by atoms with Crippen molar-refractivity contribution in [1.29, 1.82) is 0 Å². The van der Waals surface area contributed by atoms with Crippen LogP contribution in [-0.2, 0) is 24.8 Å². The van der Waals surface area contributed by atoms with Crippen LogP contribution in [-0.4, -0.2) is 23.3 Å². The molecule has 1 saturated heterocycles. The second kappa shape index (κ2) is 6.88. The number of rotatable bonds is 2. The van der Waals surface area contributed by atoms with Gasteiger partial charge in [0.1, 0.15) is 0 Å².